The number of ether oxygens (including phenoxy) is 4. The molecule has 1 aromatic rings. The Balaban J connectivity index is 0.000000944. The average Bonchev–Trinajstić information content (AvgIpc) is 3.22. The Labute approximate surface area is 234 Å². The SMILES string of the molecule is CC.CC.CCC.COC(C)(C)Oc1ccc2c(c1)C(=O)CC1C2CCC2(C)C(OC(C)(C)OC)CCC12. The highest BCUT2D eigenvalue weighted by molar-refractivity contribution is 5.99. The first-order chi connectivity index (χ1) is 17.9. The van der Waals surface area contributed by atoms with E-state index in [1.54, 1.807) is 14.2 Å². The fraction of sp³-hybridized carbons (Fsp3) is 0.788. The minimum atomic E-state index is -0.726. The first-order valence-electron chi connectivity index (χ1n) is 15.1. The zero-order valence-corrected chi connectivity index (χ0v) is 26.8. The van der Waals surface area contributed by atoms with Crippen molar-refractivity contribution in [2.24, 2.45) is 17.3 Å². The molecule has 0 amide bonds. The van der Waals surface area contributed by atoms with Crippen molar-refractivity contribution in [2.45, 2.75) is 138 Å². The van der Waals surface area contributed by atoms with Gasteiger partial charge < -0.3 is 18.9 Å². The molecule has 2 fully saturated rings. The normalized spacial score (nSPS) is 27.7. The van der Waals surface area contributed by atoms with Crippen molar-refractivity contribution >= 4 is 5.78 Å². The van der Waals surface area contributed by atoms with E-state index in [2.05, 4.69) is 26.8 Å². The molecule has 3 aliphatic rings. The van der Waals surface area contributed by atoms with E-state index in [1.807, 2.05) is 67.5 Å². The zero-order valence-electron chi connectivity index (χ0n) is 26.8. The van der Waals surface area contributed by atoms with E-state index in [-0.39, 0.29) is 17.3 Å². The van der Waals surface area contributed by atoms with Crippen molar-refractivity contribution in [3.8, 4) is 5.75 Å². The summed E-state index contributed by atoms with van der Waals surface area (Å²) >= 11 is 0. The standard InChI is InChI=1S/C26H38O5.C3H8.2C2H6/c1-24(2,28-6)30-16-8-9-17-18-12-13-26(5)21(19(18)15-22(27)20(17)14-16)10-11-23(26)31-25(3,4)29-7;1-3-2;2*1-2/h8-9,14,18-19,21,23H,10-13,15H2,1-7H3;3H2,1-2H3;2*1-2H3. The summed E-state index contributed by atoms with van der Waals surface area (Å²) in [6.45, 7) is 22.3. The number of ketones is 1. The van der Waals surface area contributed by atoms with E-state index in [4.69, 9.17) is 18.9 Å². The predicted molar refractivity (Wildman–Crippen MR) is 158 cm³/mol. The Morgan fingerprint density at radius 1 is 0.921 bits per heavy atom. The third-order valence-electron chi connectivity index (χ3n) is 8.27. The van der Waals surface area contributed by atoms with Gasteiger partial charge in [0.2, 0.25) is 5.79 Å². The van der Waals surface area contributed by atoms with Crippen LogP contribution >= 0.6 is 0 Å². The molecule has 5 unspecified atom stereocenters. The van der Waals surface area contributed by atoms with Gasteiger partial charge in [0, 0.05) is 40.1 Å². The molecule has 0 saturated heterocycles. The first kappa shape index (κ1) is 34.6. The van der Waals surface area contributed by atoms with E-state index in [9.17, 15) is 4.79 Å². The molecule has 3 aliphatic carbocycles. The van der Waals surface area contributed by atoms with E-state index < -0.39 is 11.6 Å². The fourth-order valence-electron chi connectivity index (χ4n) is 6.31. The van der Waals surface area contributed by atoms with Crippen LogP contribution in [-0.4, -0.2) is 37.7 Å². The number of Topliss-reactive ketones (excluding diaryl/α,β-unsaturated/α-hetero) is 1. The first-order valence-corrected chi connectivity index (χ1v) is 15.1. The molecule has 1 aromatic carbocycles. The number of hydrogen-bond acceptors (Lipinski definition) is 5. The van der Waals surface area contributed by atoms with Crippen LogP contribution in [0.4, 0.5) is 0 Å². The van der Waals surface area contributed by atoms with E-state index >= 15 is 0 Å². The molecular formula is C33H58O5. The molecule has 0 spiro atoms. The summed E-state index contributed by atoms with van der Waals surface area (Å²) in [6, 6.07) is 6.03. The van der Waals surface area contributed by atoms with Gasteiger partial charge in [-0.3, -0.25) is 4.79 Å². The molecule has 5 nitrogen and oxygen atoms in total. The van der Waals surface area contributed by atoms with Gasteiger partial charge in [0.15, 0.2) is 11.6 Å². The van der Waals surface area contributed by atoms with Gasteiger partial charge in [0.1, 0.15) is 5.75 Å². The molecule has 220 valence electrons. The molecule has 0 heterocycles. The Bertz CT molecular complexity index is 861. The fourth-order valence-corrected chi connectivity index (χ4v) is 6.31. The molecule has 0 N–H and O–H groups in total. The van der Waals surface area contributed by atoms with Gasteiger partial charge in [-0.25, -0.2) is 0 Å². The number of carbonyl (C=O) groups is 1. The van der Waals surface area contributed by atoms with Gasteiger partial charge in [0.05, 0.1) is 6.10 Å². The van der Waals surface area contributed by atoms with Crippen molar-refractivity contribution in [2.75, 3.05) is 14.2 Å². The number of fused-ring (bicyclic) bond motifs is 5. The van der Waals surface area contributed by atoms with Crippen LogP contribution in [0.15, 0.2) is 18.2 Å². The van der Waals surface area contributed by atoms with Gasteiger partial charge in [0.25, 0.3) is 0 Å². The van der Waals surface area contributed by atoms with E-state index in [0.29, 0.717) is 29.9 Å². The lowest BCUT2D eigenvalue weighted by molar-refractivity contribution is -0.245. The predicted octanol–water partition coefficient (Wildman–Crippen LogP) is 9.18. The third kappa shape index (κ3) is 7.82. The summed E-state index contributed by atoms with van der Waals surface area (Å²) in [5.74, 6) is 0.947. The summed E-state index contributed by atoms with van der Waals surface area (Å²) in [4.78, 5) is 13.2. The molecule has 0 bridgehead atoms. The van der Waals surface area contributed by atoms with Crippen molar-refractivity contribution in [3.63, 3.8) is 0 Å². The van der Waals surface area contributed by atoms with Crippen LogP contribution in [0, 0.1) is 17.3 Å². The molecule has 4 rings (SSSR count). The van der Waals surface area contributed by atoms with Crippen LogP contribution in [0.3, 0.4) is 0 Å². The highest BCUT2D eigenvalue weighted by Crippen LogP contribution is 2.62. The lowest BCUT2D eigenvalue weighted by atomic mass is 9.55. The van der Waals surface area contributed by atoms with Gasteiger partial charge >= 0.3 is 0 Å². The number of methoxy groups -OCH3 is 2. The molecule has 0 aliphatic heterocycles. The summed E-state index contributed by atoms with van der Waals surface area (Å²) in [5, 5.41) is 0. The maximum Gasteiger partial charge on any atom is 0.204 e. The lowest BCUT2D eigenvalue weighted by Gasteiger charge is -2.51. The van der Waals surface area contributed by atoms with Crippen molar-refractivity contribution in [1.82, 2.24) is 0 Å². The molecule has 0 radical (unpaired) electrons. The minimum absolute atomic E-state index is 0.0975. The quantitative estimate of drug-likeness (QED) is 0.341. The van der Waals surface area contributed by atoms with Crippen LogP contribution in [0.25, 0.3) is 0 Å². The van der Waals surface area contributed by atoms with Crippen LogP contribution in [-0.2, 0) is 14.2 Å². The average molecular weight is 535 g/mol. The second kappa shape index (κ2) is 14.8. The lowest BCUT2D eigenvalue weighted by Crippen LogP contribution is -2.47. The molecule has 38 heavy (non-hydrogen) atoms. The van der Waals surface area contributed by atoms with E-state index in [0.717, 1.165) is 31.2 Å². The van der Waals surface area contributed by atoms with Crippen LogP contribution in [0.5, 0.6) is 5.75 Å². The molecule has 2 saturated carbocycles. The number of hydrogen-bond donors (Lipinski definition) is 0. The highest BCUT2D eigenvalue weighted by Gasteiger charge is 2.57. The number of rotatable bonds is 6. The largest absolute Gasteiger partial charge is 0.463 e. The third-order valence-corrected chi connectivity index (χ3v) is 8.27. The summed E-state index contributed by atoms with van der Waals surface area (Å²) < 4.78 is 23.3. The Kier molecular flexibility index (Phi) is 13.5. The topological polar surface area (TPSA) is 54.0 Å². The van der Waals surface area contributed by atoms with Crippen molar-refractivity contribution in [3.05, 3.63) is 29.3 Å². The smallest absolute Gasteiger partial charge is 0.204 e. The van der Waals surface area contributed by atoms with E-state index in [1.165, 1.54) is 12.0 Å². The van der Waals surface area contributed by atoms with Gasteiger partial charge in [-0.1, -0.05) is 61.0 Å². The Morgan fingerprint density at radius 3 is 2.05 bits per heavy atom. The van der Waals surface area contributed by atoms with Crippen molar-refractivity contribution in [1.29, 1.82) is 0 Å². The van der Waals surface area contributed by atoms with Crippen molar-refractivity contribution < 1.29 is 23.7 Å². The summed E-state index contributed by atoms with van der Waals surface area (Å²) in [5.41, 5.74) is 2.13. The maximum atomic E-state index is 13.2. The van der Waals surface area contributed by atoms with Gasteiger partial charge in [-0.05, 0) is 80.4 Å². The molecule has 5 atom stereocenters. The molecule has 5 heteroatoms. The second-order valence-corrected chi connectivity index (χ2v) is 11.5. The maximum absolute atomic E-state index is 13.2. The number of benzene rings is 1. The van der Waals surface area contributed by atoms with Crippen LogP contribution in [0.2, 0.25) is 0 Å². The number of carbonyl (C=O) groups excluding carboxylic acids is 1. The highest BCUT2D eigenvalue weighted by atomic mass is 16.7. The zero-order chi connectivity index (χ0) is 29.3. The summed E-state index contributed by atoms with van der Waals surface area (Å²) in [6.07, 6.45) is 6.42. The van der Waals surface area contributed by atoms with Crippen LogP contribution < -0.4 is 4.74 Å². The van der Waals surface area contributed by atoms with Gasteiger partial charge in [-0.15, -0.1) is 0 Å². The Morgan fingerprint density at radius 2 is 1.50 bits per heavy atom. The molecular weight excluding hydrogens is 476 g/mol. The minimum Gasteiger partial charge on any atom is -0.463 e. The molecule has 0 aromatic heterocycles. The summed E-state index contributed by atoms with van der Waals surface area (Å²) in [7, 11) is 3.33. The van der Waals surface area contributed by atoms with Crippen LogP contribution in [0.1, 0.15) is 137 Å². The Hall–Kier alpha value is -1.43. The second-order valence-electron chi connectivity index (χ2n) is 11.5. The monoisotopic (exact) mass is 534 g/mol. The van der Waals surface area contributed by atoms with Gasteiger partial charge in [-0.2, -0.15) is 0 Å².